The van der Waals surface area contributed by atoms with Crippen molar-refractivity contribution in [1.29, 1.82) is 0 Å². The Morgan fingerprint density at radius 2 is 1.77 bits per heavy atom. The SMILES string of the molecule is C#Cc1c(F)ccc2cc(OCOC)cc(-c3ncc4c(N5CC6CCC(C6)C5)nc(OCCCN5CCN(C(=O)OCc6ccccc6)CC5)nc4c3F)c12. The highest BCUT2D eigenvalue weighted by molar-refractivity contribution is 6.03. The zero-order valence-corrected chi connectivity index (χ0v) is 31.4. The van der Waals surface area contributed by atoms with Gasteiger partial charge >= 0.3 is 12.1 Å². The Kier molecular flexibility index (Phi) is 11.1. The van der Waals surface area contributed by atoms with E-state index in [4.69, 9.17) is 30.4 Å². The van der Waals surface area contributed by atoms with E-state index in [1.807, 2.05) is 30.3 Å². The molecule has 4 heterocycles. The molecule has 2 saturated heterocycles. The van der Waals surface area contributed by atoms with Crippen molar-refractivity contribution in [2.75, 3.05) is 71.2 Å². The highest BCUT2D eigenvalue weighted by Crippen LogP contribution is 2.42. The van der Waals surface area contributed by atoms with Crippen LogP contribution in [0.2, 0.25) is 0 Å². The van der Waals surface area contributed by atoms with Gasteiger partial charge in [0.15, 0.2) is 12.6 Å². The number of halogens is 2. The lowest BCUT2D eigenvalue weighted by Crippen LogP contribution is -2.49. The van der Waals surface area contributed by atoms with Gasteiger partial charge in [0.05, 0.1) is 17.6 Å². The minimum absolute atomic E-state index is 0.00214. The van der Waals surface area contributed by atoms with Crippen molar-refractivity contribution in [1.82, 2.24) is 24.8 Å². The van der Waals surface area contributed by atoms with E-state index in [-0.39, 0.29) is 47.8 Å². The fourth-order valence-electron chi connectivity index (χ4n) is 8.26. The monoisotopic (exact) mass is 762 g/mol. The largest absolute Gasteiger partial charge is 0.468 e. The number of carbonyl (C=O) groups is 1. The first kappa shape index (κ1) is 37.3. The van der Waals surface area contributed by atoms with Crippen LogP contribution in [0.15, 0.2) is 60.8 Å². The van der Waals surface area contributed by atoms with Crippen LogP contribution in [0.25, 0.3) is 32.9 Å². The molecule has 1 aliphatic carbocycles. The Labute approximate surface area is 324 Å². The highest BCUT2D eigenvalue weighted by atomic mass is 19.1. The first-order valence-corrected chi connectivity index (χ1v) is 19.2. The molecule has 13 heteroatoms. The number of aromatic nitrogens is 3. The summed E-state index contributed by atoms with van der Waals surface area (Å²) in [5.41, 5.74) is 1.22. The van der Waals surface area contributed by atoms with Gasteiger partial charge in [-0.1, -0.05) is 42.3 Å². The molecule has 2 aliphatic heterocycles. The van der Waals surface area contributed by atoms with Crippen molar-refractivity contribution in [2.24, 2.45) is 11.8 Å². The van der Waals surface area contributed by atoms with Crippen LogP contribution in [0.1, 0.15) is 36.8 Å². The first-order chi connectivity index (χ1) is 27.4. The number of rotatable bonds is 12. The van der Waals surface area contributed by atoms with Crippen molar-refractivity contribution in [2.45, 2.75) is 32.3 Å². The van der Waals surface area contributed by atoms with Crippen LogP contribution in [0.4, 0.5) is 19.4 Å². The van der Waals surface area contributed by atoms with E-state index in [0.717, 1.165) is 38.0 Å². The Bertz CT molecular complexity index is 2250. The third-order valence-electron chi connectivity index (χ3n) is 11.0. The van der Waals surface area contributed by atoms with Crippen LogP contribution in [0, 0.1) is 35.8 Å². The molecule has 0 spiro atoms. The number of ether oxygens (including phenoxy) is 4. The highest BCUT2D eigenvalue weighted by Gasteiger charge is 2.35. The number of piperazine rings is 1. The van der Waals surface area contributed by atoms with Gasteiger partial charge < -0.3 is 28.7 Å². The third-order valence-corrected chi connectivity index (χ3v) is 11.0. The molecule has 1 saturated carbocycles. The number of nitrogens with zero attached hydrogens (tertiary/aromatic N) is 6. The van der Waals surface area contributed by atoms with Crippen molar-refractivity contribution in [3.05, 3.63) is 83.6 Å². The second-order valence-corrected chi connectivity index (χ2v) is 14.7. The molecule has 56 heavy (non-hydrogen) atoms. The first-order valence-electron chi connectivity index (χ1n) is 19.2. The number of amides is 1. The summed E-state index contributed by atoms with van der Waals surface area (Å²) in [4.78, 5) is 33.0. The van der Waals surface area contributed by atoms with Crippen molar-refractivity contribution in [3.8, 4) is 35.4 Å². The molecular formula is C43H44F2N6O5. The van der Waals surface area contributed by atoms with Gasteiger partial charge in [-0.3, -0.25) is 9.88 Å². The number of terminal acetylenes is 1. The molecule has 3 fully saturated rings. The van der Waals surface area contributed by atoms with E-state index in [1.165, 1.54) is 19.6 Å². The maximum absolute atomic E-state index is 17.1. The summed E-state index contributed by atoms with van der Waals surface area (Å²) in [6.07, 6.45) is 11.3. The molecule has 2 unspecified atom stereocenters. The molecule has 11 nitrogen and oxygen atoms in total. The van der Waals surface area contributed by atoms with Gasteiger partial charge in [0.1, 0.15) is 35.2 Å². The predicted molar refractivity (Wildman–Crippen MR) is 208 cm³/mol. The maximum Gasteiger partial charge on any atom is 0.410 e. The van der Waals surface area contributed by atoms with Gasteiger partial charge in [0.25, 0.3) is 0 Å². The number of anilines is 1. The summed E-state index contributed by atoms with van der Waals surface area (Å²) in [6, 6.07) is 15.9. The second-order valence-electron chi connectivity index (χ2n) is 14.7. The summed E-state index contributed by atoms with van der Waals surface area (Å²) in [6.45, 7) is 5.46. The molecule has 2 atom stereocenters. The van der Waals surface area contributed by atoms with Crippen molar-refractivity contribution < 1.29 is 32.5 Å². The maximum atomic E-state index is 17.1. The summed E-state index contributed by atoms with van der Waals surface area (Å²) in [5.74, 6) is 3.21. The average Bonchev–Trinajstić information content (AvgIpc) is 3.57. The Morgan fingerprint density at radius 1 is 0.982 bits per heavy atom. The Balaban J connectivity index is 1.02. The van der Waals surface area contributed by atoms with Gasteiger partial charge in [-0.25, -0.2) is 13.6 Å². The number of hydrogen-bond acceptors (Lipinski definition) is 10. The quantitative estimate of drug-likeness (QED) is 0.0747. The fraction of sp³-hybridized carbons (Fsp3) is 0.395. The molecule has 5 aromatic rings. The summed E-state index contributed by atoms with van der Waals surface area (Å²) < 4.78 is 54.7. The van der Waals surface area contributed by atoms with Crippen LogP contribution in [-0.2, 0) is 16.1 Å². The molecule has 2 bridgehead atoms. The Hall–Kier alpha value is -5.58. The van der Waals surface area contributed by atoms with E-state index in [2.05, 4.69) is 25.7 Å². The molecule has 8 rings (SSSR count). The zero-order valence-electron chi connectivity index (χ0n) is 31.4. The summed E-state index contributed by atoms with van der Waals surface area (Å²) >= 11 is 0. The Morgan fingerprint density at radius 3 is 2.52 bits per heavy atom. The minimum Gasteiger partial charge on any atom is -0.468 e. The van der Waals surface area contributed by atoms with E-state index < -0.39 is 11.6 Å². The van der Waals surface area contributed by atoms with E-state index >= 15 is 8.78 Å². The molecule has 3 aliphatic rings. The van der Waals surface area contributed by atoms with Crippen LogP contribution in [0.3, 0.4) is 0 Å². The van der Waals surface area contributed by atoms with Gasteiger partial charge in [0.2, 0.25) is 0 Å². The molecule has 1 amide bonds. The van der Waals surface area contributed by atoms with E-state index in [1.54, 1.807) is 29.3 Å². The smallest absolute Gasteiger partial charge is 0.410 e. The fourth-order valence-corrected chi connectivity index (χ4v) is 8.26. The number of hydrogen-bond donors (Lipinski definition) is 0. The number of benzene rings is 3. The van der Waals surface area contributed by atoms with Crippen molar-refractivity contribution >= 4 is 33.6 Å². The lowest BCUT2D eigenvalue weighted by Gasteiger charge is -2.34. The molecule has 290 valence electrons. The van der Waals surface area contributed by atoms with Gasteiger partial charge in [-0.15, -0.1) is 6.42 Å². The molecule has 0 radical (unpaired) electrons. The van der Waals surface area contributed by atoms with Gasteiger partial charge in [-0.2, -0.15) is 9.97 Å². The van der Waals surface area contributed by atoms with Gasteiger partial charge in [-0.05, 0) is 66.7 Å². The summed E-state index contributed by atoms with van der Waals surface area (Å²) in [5, 5.41) is 1.37. The van der Waals surface area contributed by atoms with Crippen LogP contribution in [0.5, 0.6) is 11.8 Å². The number of fused-ring (bicyclic) bond motifs is 4. The lowest BCUT2D eigenvalue weighted by molar-refractivity contribution is 0.0512. The third kappa shape index (κ3) is 7.90. The zero-order chi connectivity index (χ0) is 38.6. The molecule has 3 aromatic carbocycles. The molecule has 0 N–H and O–H groups in total. The number of pyridine rings is 1. The molecular weight excluding hydrogens is 719 g/mol. The van der Waals surface area contributed by atoms with Crippen LogP contribution in [-0.4, -0.2) is 97.2 Å². The topological polar surface area (TPSA) is 102 Å². The van der Waals surface area contributed by atoms with E-state index in [0.29, 0.717) is 78.8 Å². The summed E-state index contributed by atoms with van der Waals surface area (Å²) in [7, 11) is 1.50. The minimum atomic E-state index is -0.700. The number of methoxy groups -OCH3 is 1. The number of piperidine rings is 1. The second kappa shape index (κ2) is 16.6. The predicted octanol–water partition coefficient (Wildman–Crippen LogP) is 7.05. The van der Waals surface area contributed by atoms with Gasteiger partial charge in [0, 0.05) is 70.1 Å². The van der Waals surface area contributed by atoms with Crippen LogP contribution < -0.4 is 14.4 Å². The van der Waals surface area contributed by atoms with E-state index in [9.17, 15) is 4.79 Å². The van der Waals surface area contributed by atoms with Crippen LogP contribution >= 0.6 is 0 Å². The number of carbonyl (C=O) groups excluding carboxylic acids is 1. The normalized spacial score (nSPS) is 18.3. The van der Waals surface area contributed by atoms with Crippen molar-refractivity contribution in [3.63, 3.8) is 0 Å². The standard InChI is InChI=1S/C43H44F2N6O5/c1-3-33-36(44)13-12-31-21-32(56-27-53-2)22-34(37(31)33)39-38(45)40-35(23-46-39)41(51-24-29-10-11-30(20-29)25-51)48-42(47-40)54-19-7-14-49-15-17-50(18-16-49)43(52)55-26-28-8-5-4-6-9-28/h1,4-6,8-9,12-13,21-23,29-30H,7,10-11,14-20,24-27H2,2H3. The molecule has 2 aromatic heterocycles. The average molecular weight is 763 g/mol. The lowest BCUT2D eigenvalue weighted by atomic mass is 9.95.